The van der Waals surface area contributed by atoms with Gasteiger partial charge < -0.3 is 33.3 Å². The molecule has 2 atom stereocenters. The molecule has 0 bridgehead atoms. The van der Waals surface area contributed by atoms with Gasteiger partial charge in [0.15, 0.2) is 12.4 Å². The summed E-state index contributed by atoms with van der Waals surface area (Å²) in [6, 6.07) is 0. The molecule has 0 aliphatic rings. The van der Waals surface area contributed by atoms with Crippen molar-refractivity contribution in [2.24, 2.45) is 0 Å². The molecule has 2 unspecified atom stereocenters. The average Bonchev–Trinajstić information content (AvgIpc) is 3.53. The molecule has 0 rings (SSSR count). The maximum atomic E-state index is 13.0. The van der Waals surface area contributed by atoms with Crippen LogP contribution < -0.4 is 5.11 Å². The minimum atomic E-state index is -1.63. The van der Waals surface area contributed by atoms with Crippen LogP contribution in [0, 0.1) is 0 Å². The fourth-order valence-corrected chi connectivity index (χ4v) is 10.0. The molecule has 0 saturated heterocycles. The molecule has 518 valence electrons. The number of hydrogen-bond donors (Lipinski definition) is 0. The van der Waals surface area contributed by atoms with Crippen LogP contribution in [0.5, 0.6) is 0 Å². The summed E-state index contributed by atoms with van der Waals surface area (Å²) in [5.41, 5.74) is 0. The fraction of sp³-hybridized carbons (Fsp3) is 0.671. The van der Waals surface area contributed by atoms with Crippen molar-refractivity contribution in [1.29, 1.82) is 0 Å². The van der Waals surface area contributed by atoms with Crippen LogP contribution in [-0.2, 0) is 33.3 Å². The number of allylic oxidation sites excluding steroid dienone is 24. The summed E-state index contributed by atoms with van der Waals surface area (Å²) in [6.45, 7) is 4.51. The molecule has 9 nitrogen and oxygen atoms in total. The van der Waals surface area contributed by atoms with E-state index in [1.165, 1.54) is 122 Å². The molecule has 0 aromatic heterocycles. The first-order chi connectivity index (χ1) is 44.6. The number of esters is 2. The second kappa shape index (κ2) is 71.0. The first-order valence-electron chi connectivity index (χ1n) is 37.0. The quantitative estimate of drug-likeness (QED) is 0.0195. The SMILES string of the molecule is CC/C=C\C/C=C\C/C=C\C/C=C\C/C=C\C/C=C\CCCCCCCCCCCCCCCCCCCCCCCCC(=O)OC(COC(=O)CCCCCCCC/C=C\C/C=C\C/C=C\C/C=C\C/C=C\C/C=C\CC)COC(OCC[N+](C)(C)C)C(=O)[O-]. The molecule has 0 amide bonds. The second-order valence-corrected chi connectivity index (χ2v) is 25.5. The van der Waals surface area contributed by atoms with Crippen LogP contribution in [0.3, 0.4) is 0 Å². The molecule has 0 aliphatic carbocycles. The number of unbranched alkanes of at least 4 members (excludes halogenated alkanes) is 28. The number of rotatable bonds is 67. The van der Waals surface area contributed by atoms with Crippen molar-refractivity contribution in [1.82, 2.24) is 0 Å². The summed E-state index contributed by atoms with van der Waals surface area (Å²) in [6.07, 6.45) is 101. The van der Waals surface area contributed by atoms with Gasteiger partial charge in [-0.05, 0) is 116 Å². The van der Waals surface area contributed by atoms with E-state index in [4.69, 9.17) is 18.9 Å². The summed E-state index contributed by atoms with van der Waals surface area (Å²) >= 11 is 0. The van der Waals surface area contributed by atoms with Crippen LogP contribution in [0.25, 0.3) is 0 Å². The third-order valence-corrected chi connectivity index (χ3v) is 15.6. The molecule has 0 aliphatic heterocycles. The number of aliphatic carboxylic acids is 1. The Balaban J connectivity index is 4.06. The van der Waals surface area contributed by atoms with E-state index in [2.05, 4.69) is 160 Å². The van der Waals surface area contributed by atoms with E-state index in [1.54, 1.807) is 0 Å². The highest BCUT2D eigenvalue weighted by atomic mass is 16.7. The largest absolute Gasteiger partial charge is 0.545 e. The highest BCUT2D eigenvalue weighted by Crippen LogP contribution is 2.17. The lowest BCUT2D eigenvalue weighted by molar-refractivity contribution is -0.870. The molecule has 91 heavy (non-hydrogen) atoms. The highest BCUT2D eigenvalue weighted by molar-refractivity contribution is 5.70. The van der Waals surface area contributed by atoms with Gasteiger partial charge >= 0.3 is 11.9 Å². The van der Waals surface area contributed by atoms with Gasteiger partial charge in [-0.25, -0.2) is 0 Å². The predicted molar refractivity (Wildman–Crippen MR) is 389 cm³/mol. The molecule has 0 N–H and O–H groups in total. The lowest BCUT2D eigenvalue weighted by Crippen LogP contribution is -2.44. The predicted octanol–water partition coefficient (Wildman–Crippen LogP) is 22.1. The number of carboxylic acids is 1. The number of hydrogen-bond acceptors (Lipinski definition) is 8. The average molecular weight is 1260 g/mol. The first kappa shape index (κ1) is 86.2. The normalized spacial score (nSPS) is 13.5. The highest BCUT2D eigenvalue weighted by Gasteiger charge is 2.22. The van der Waals surface area contributed by atoms with Crippen LogP contribution >= 0.6 is 0 Å². The molecule has 0 saturated carbocycles. The van der Waals surface area contributed by atoms with Crippen LogP contribution in [-0.4, -0.2) is 82.3 Å². The Morgan fingerprint density at radius 3 is 0.879 bits per heavy atom. The van der Waals surface area contributed by atoms with Crippen molar-refractivity contribution in [2.75, 3.05) is 47.5 Å². The maximum absolute atomic E-state index is 13.0. The van der Waals surface area contributed by atoms with Crippen LogP contribution in [0.1, 0.15) is 296 Å². The summed E-state index contributed by atoms with van der Waals surface area (Å²) in [7, 11) is 5.92. The lowest BCUT2D eigenvalue weighted by Gasteiger charge is -2.26. The Kier molecular flexibility index (Phi) is 67.3. The Morgan fingerprint density at radius 1 is 0.330 bits per heavy atom. The Hall–Kier alpha value is -4.83. The number of ether oxygens (including phenoxy) is 4. The molecule has 0 spiro atoms. The summed E-state index contributed by atoms with van der Waals surface area (Å²) in [5.74, 6) is -2.30. The van der Waals surface area contributed by atoms with Crippen LogP contribution in [0.4, 0.5) is 0 Å². The minimum absolute atomic E-state index is 0.140. The number of likely N-dealkylation sites (N-methyl/N-ethyl adjacent to an activating group) is 1. The second-order valence-electron chi connectivity index (χ2n) is 25.5. The van der Waals surface area contributed by atoms with Gasteiger partial charge in [-0.15, -0.1) is 0 Å². The lowest BCUT2D eigenvalue weighted by atomic mass is 10.0. The van der Waals surface area contributed by atoms with Crippen molar-refractivity contribution in [2.45, 2.75) is 309 Å². The van der Waals surface area contributed by atoms with Crippen LogP contribution in [0.2, 0.25) is 0 Å². The summed E-state index contributed by atoms with van der Waals surface area (Å²) in [5, 5.41) is 11.8. The zero-order chi connectivity index (χ0) is 66.1. The van der Waals surface area contributed by atoms with E-state index in [9.17, 15) is 19.5 Å². The van der Waals surface area contributed by atoms with Gasteiger partial charge in [-0.3, -0.25) is 9.59 Å². The molecule has 9 heteroatoms. The standard InChI is InChI=1S/C82H137NO8/c1-6-8-10-12-14-16-18-20-22-24-26-28-30-32-33-34-35-36-37-38-39-40-41-42-43-44-45-46-47-49-51-53-55-57-59-61-63-65-67-69-71-73-80(85)91-78(77-90-82(81(86)87)88-75-74-83(3,4)5)76-89-79(84)72-70-68-66-64-62-60-58-56-54-52-50-48-31-29-27-25-23-21-19-17-15-13-11-9-7-2/h8-11,14-17,20-23,26-29,32-33,35-36,48,50,54,56,78,82H,6-7,12-13,18-19,24-25,30-31,34,37-47,49,51-53,55,57-77H2,1-5H3/b10-8-,11-9-,16-14-,17-15-,22-20-,23-21-,28-26-,29-27-,33-32-,36-35-,50-48-,56-54-. The fourth-order valence-electron chi connectivity index (χ4n) is 10.0. The Morgan fingerprint density at radius 2 is 0.593 bits per heavy atom. The molecular formula is C82H137NO8. The Bertz CT molecular complexity index is 2010. The van der Waals surface area contributed by atoms with Crippen LogP contribution in [0.15, 0.2) is 146 Å². The van der Waals surface area contributed by atoms with Crippen molar-refractivity contribution < 1.29 is 42.9 Å². The zero-order valence-corrected chi connectivity index (χ0v) is 59.2. The van der Waals surface area contributed by atoms with Gasteiger partial charge in [-0.2, -0.15) is 0 Å². The number of carboxylic acid groups (broad SMARTS) is 1. The molecule has 0 aromatic carbocycles. The number of carbonyl (C=O) groups excluding carboxylic acids is 3. The van der Waals surface area contributed by atoms with E-state index in [0.29, 0.717) is 17.4 Å². The van der Waals surface area contributed by atoms with Gasteiger partial charge in [0.05, 0.1) is 40.3 Å². The van der Waals surface area contributed by atoms with Crippen molar-refractivity contribution >= 4 is 17.9 Å². The zero-order valence-electron chi connectivity index (χ0n) is 59.2. The smallest absolute Gasteiger partial charge is 0.306 e. The van der Waals surface area contributed by atoms with Crippen molar-refractivity contribution in [3.05, 3.63) is 146 Å². The van der Waals surface area contributed by atoms with E-state index >= 15 is 0 Å². The van der Waals surface area contributed by atoms with Gasteiger partial charge in [0.25, 0.3) is 0 Å². The molecule has 0 fully saturated rings. The molecule has 0 radical (unpaired) electrons. The molecule has 0 aromatic rings. The minimum Gasteiger partial charge on any atom is -0.545 e. The monoisotopic (exact) mass is 1260 g/mol. The topological polar surface area (TPSA) is 111 Å². The number of nitrogens with zero attached hydrogens (tertiary/aromatic N) is 1. The van der Waals surface area contributed by atoms with E-state index < -0.39 is 24.3 Å². The van der Waals surface area contributed by atoms with Crippen molar-refractivity contribution in [3.63, 3.8) is 0 Å². The van der Waals surface area contributed by atoms with Gasteiger partial charge in [0.1, 0.15) is 13.2 Å². The van der Waals surface area contributed by atoms with Gasteiger partial charge in [0, 0.05) is 12.8 Å². The molecule has 0 heterocycles. The van der Waals surface area contributed by atoms with E-state index in [-0.39, 0.29) is 38.6 Å². The molecular weight excluding hydrogens is 1130 g/mol. The van der Waals surface area contributed by atoms with Crippen molar-refractivity contribution in [3.8, 4) is 0 Å². The third kappa shape index (κ3) is 72.5. The van der Waals surface area contributed by atoms with Gasteiger partial charge in [-0.1, -0.05) is 314 Å². The van der Waals surface area contributed by atoms with Gasteiger partial charge in [0.2, 0.25) is 0 Å². The van der Waals surface area contributed by atoms with E-state index in [0.717, 1.165) is 141 Å². The third-order valence-electron chi connectivity index (χ3n) is 15.6. The maximum Gasteiger partial charge on any atom is 0.306 e. The van der Waals surface area contributed by atoms with E-state index in [1.807, 2.05) is 21.1 Å². The number of carbonyl (C=O) groups is 3. The first-order valence-corrected chi connectivity index (χ1v) is 37.0. The summed E-state index contributed by atoms with van der Waals surface area (Å²) < 4.78 is 22.8. The summed E-state index contributed by atoms with van der Waals surface area (Å²) in [4.78, 5) is 37.5. The number of quaternary nitrogens is 1. The Labute approximate surface area is 560 Å².